The predicted octanol–water partition coefficient (Wildman–Crippen LogP) is 1.93. The lowest BCUT2D eigenvalue weighted by Gasteiger charge is -2.21. The van der Waals surface area contributed by atoms with Crippen molar-refractivity contribution in [2.45, 2.75) is 57.0 Å². The number of H-pyrrole nitrogens is 1. The monoisotopic (exact) mass is 259 g/mol. The fourth-order valence-electron chi connectivity index (χ4n) is 3.91. The number of aromatic amines is 1. The van der Waals surface area contributed by atoms with Crippen molar-refractivity contribution in [2.24, 2.45) is 11.8 Å². The van der Waals surface area contributed by atoms with Gasteiger partial charge in [0.05, 0.1) is 5.69 Å². The average Bonchev–Trinajstić information content (AvgIpc) is 2.99. The molecule has 0 radical (unpaired) electrons. The van der Waals surface area contributed by atoms with Crippen molar-refractivity contribution in [1.82, 2.24) is 15.3 Å². The van der Waals surface area contributed by atoms with E-state index in [1.807, 2.05) is 0 Å². The summed E-state index contributed by atoms with van der Waals surface area (Å²) >= 11 is 0. The van der Waals surface area contributed by atoms with Crippen molar-refractivity contribution in [3.05, 3.63) is 27.9 Å². The number of nitrogens with zero attached hydrogens (tertiary/aromatic N) is 1. The highest BCUT2D eigenvalue weighted by molar-refractivity contribution is 5.11. The molecule has 4 heteroatoms. The molecule has 1 heterocycles. The van der Waals surface area contributed by atoms with E-state index in [1.54, 1.807) is 6.07 Å². The zero-order valence-electron chi connectivity index (χ0n) is 11.2. The quantitative estimate of drug-likeness (QED) is 0.868. The van der Waals surface area contributed by atoms with Crippen molar-refractivity contribution in [1.29, 1.82) is 0 Å². The Hall–Kier alpha value is -1.16. The summed E-state index contributed by atoms with van der Waals surface area (Å²) in [6.07, 6.45) is 7.81. The normalized spacial score (nSPS) is 32.9. The average molecular weight is 259 g/mol. The maximum atomic E-state index is 11.8. The van der Waals surface area contributed by atoms with Gasteiger partial charge < -0.3 is 10.3 Å². The smallest absolute Gasteiger partial charge is 0.251 e. The van der Waals surface area contributed by atoms with Crippen LogP contribution in [0.4, 0.5) is 0 Å². The summed E-state index contributed by atoms with van der Waals surface area (Å²) in [6.45, 7) is 0.738. The van der Waals surface area contributed by atoms with Gasteiger partial charge in [0.15, 0.2) is 0 Å². The van der Waals surface area contributed by atoms with Crippen LogP contribution in [0.15, 0.2) is 10.9 Å². The highest BCUT2D eigenvalue weighted by Gasteiger charge is 2.41. The molecule has 0 saturated heterocycles. The van der Waals surface area contributed by atoms with Crippen LogP contribution in [-0.4, -0.2) is 16.0 Å². The molecule has 0 aromatic carbocycles. The van der Waals surface area contributed by atoms with E-state index in [-0.39, 0.29) is 5.56 Å². The molecular weight excluding hydrogens is 238 g/mol. The van der Waals surface area contributed by atoms with Gasteiger partial charge in [-0.3, -0.25) is 4.79 Å². The molecule has 1 aromatic heterocycles. The molecule has 0 aliphatic heterocycles. The lowest BCUT2D eigenvalue weighted by Crippen LogP contribution is -2.22. The second kappa shape index (κ2) is 4.44. The molecule has 3 aliphatic carbocycles. The number of fused-ring (bicyclic) bond motifs is 2. The third kappa shape index (κ3) is 2.34. The Morgan fingerprint density at radius 3 is 2.84 bits per heavy atom. The molecule has 1 aromatic rings. The van der Waals surface area contributed by atoms with Crippen LogP contribution in [-0.2, 0) is 6.54 Å². The molecule has 19 heavy (non-hydrogen) atoms. The summed E-state index contributed by atoms with van der Waals surface area (Å²) < 4.78 is 0. The van der Waals surface area contributed by atoms with Gasteiger partial charge >= 0.3 is 0 Å². The molecule has 0 amide bonds. The zero-order chi connectivity index (χ0) is 12.8. The first-order chi connectivity index (χ1) is 9.28. The summed E-state index contributed by atoms with van der Waals surface area (Å²) in [5, 5.41) is 3.44. The molecule has 3 atom stereocenters. The van der Waals surface area contributed by atoms with Gasteiger partial charge in [0.1, 0.15) is 5.82 Å². The van der Waals surface area contributed by atoms with Gasteiger partial charge in [-0.1, -0.05) is 6.42 Å². The minimum atomic E-state index is 0.0142. The lowest BCUT2D eigenvalue weighted by atomic mass is 9.88. The minimum Gasteiger partial charge on any atom is -0.310 e. The Labute approximate surface area is 113 Å². The van der Waals surface area contributed by atoms with Crippen molar-refractivity contribution >= 4 is 0 Å². The molecule has 3 saturated carbocycles. The Kier molecular flexibility index (Phi) is 2.72. The van der Waals surface area contributed by atoms with Crippen LogP contribution in [0.2, 0.25) is 0 Å². The fourth-order valence-corrected chi connectivity index (χ4v) is 3.91. The van der Waals surface area contributed by atoms with Crippen LogP contribution in [0.25, 0.3) is 0 Å². The number of hydrogen-bond acceptors (Lipinski definition) is 3. The van der Waals surface area contributed by atoms with E-state index in [1.165, 1.54) is 38.5 Å². The van der Waals surface area contributed by atoms with E-state index >= 15 is 0 Å². The standard InChI is InChI=1S/C15H21N3O/c19-14-7-12(8-16-11-3-4-11)17-15(18-14)13-6-9-1-2-10(13)5-9/h7,9-11,13,16H,1-6,8H2,(H,17,18,19). The number of aromatic nitrogens is 2. The topological polar surface area (TPSA) is 57.8 Å². The number of rotatable bonds is 4. The first-order valence-electron chi connectivity index (χ1n) is 7.61. The van der Waals surface area contributed by atoms with Gasteiger partial charge in [0.25, 0.3) is 5.56 Å². The molecule has 2 N–H and O–H groups in total. The summed E-state index contributed by atoms with van der Waals surface area (Å²) in [6, 6.07) is 2.30. The van der Waals surface area contributed by atoms with E-state index in [0.717, 1.165) is 29.9 Å². The third-order valence-electron chi connectivity index (χ3n) is 5.05. The molecule has 3 unspecified atom stereocenters. The maximum absolute atomic E-state index is 11.8. The van der Waals surface area contributed by atoms with Crippen LogP contribution in [0, 0.1) is 11.8 Å². The molecule has 2 bridgehead atoms. The maximum Gasteiger partial charge on any atom is 0.251 e. The van der Waals surface area contributed by atoms with Crippen LogP contribution < -0.4 is 10.9 Å². The molecule has 4 rings (SSSR count). The number of hydrogen-bond donors (Lipinski definition) is 2. The lowest BCUT2D eigenvalue weighted by molar-refractivity contribution is 0.403. The fraction of sp³-hybridized carbons (Fsp3) is 0.733. The first-order valence-corrected chi connectivity index (χ1v) is 7.61. The summed E-state index contributed by atoms with van der Waals surface area (Å²) in [7, 11) is 0. The van der Waals surface area contributed by atoms with E-state index in [4.69, 9.17) is 4.98 Å². The SMILES string of the molecule is O=c1cc(CNC2CC2)nc(C2CC3CCC2C3)[nH]1. The Bertz CT molecular complexity index is 534. The highest BCUT2D eigenvalue weighted by Crippen LogP contribution is 2.51. The van der Waals surface area contributed by atoms with Crippen molar-refractivity contribution in [2.75, 3.05) is 0 Å². The third-order valence-corrected chi connectivity index (χ3v) is 5.05. The molecule has 102 valence electrons. The van der Waals surface area contributed by atoms with Gasteiger partial charge in [-0.25, -0.2) is 4.98 Å². The van der Waals surface area contributed by atoms with Gasteiger partial charge in [0, 0.05) is 24.6 Å². The molecular formula is C15H21N3O. The number of nitrogens with one attached hydrogen (secondary N) is 2. The second-order valence-corrected chi connectivity index (χ2v) is 6.56. The van der Waals surface area contributed by atoms with Crippen LogP contribution in [0.5, 0.6) is 0 Å². The first kappa shape index (κ1) is 11.6. The van der Waals surface area contributed by atoms with Crippen LogP contribution >= 0.6 is 0 Å². The van der Waals surface area contributed by atoms with Crippen molar-refractivity contribution in [3.8, 4) is 0 Å². The second-order valence-electron chi connectivity index (χ2n) is 6.56. The molecule has 3 aliphatic rings. The van der Waals surface area contributed by atoms with E-state index in [0.29, 0.717) is 12.0 Å². The van der Waals surface area contributed by atoms with Crippen molar-refractivity contribution < 1.29 is 0 Å². The van der Waals surface area contributed by atoms with E-state index in [2.05, 4.69) is 10.3 Å². The van der Waals surface area contributed by atoms with Gasteiger partial charge in [-0.05, 0) is 43.9 Å². The Balaban J connectivity index is 1.55. The molecule has 4 nitrogen and oxygen atoms in total. The van der Waals surface area contributed by atoms with Crippen LogP contribution in [0.3, 0.4) is 0 Å². The minimum absolute atomic E-state index is 0.0142. The highest BCUT2D eigenvalue weighted by atomic mass is 16.1. The largest absolute Gasteiger partial charge is 0.310 e. The summed E-state index contributed by atoms with van der Waals surface area (Å²) in [4.78, 5) is 19.5. The molecule has 0 spiro atoms. The predicted molar refractivity (Wildman–Crippen MR) is 72.9 cm³/mol. The summed E-state index contributed by atoms with van der Waals surface area (Å²) in [5.74, 6) is 3.10. The van der Waals surface area contributed by atoms with E-state index in [9.17, 15) is 4.79 Å². The summed E-state index contributed by atoms with van der Waals surface area (Å²) in [5.41, 5.74) is 0.925. The van der Waals surface area contributed by atoms with Gasteiger partial charge in [0.2, 0.25) is 0 Å². The Morgan fingerprint density at radius 2 is 2.16 bits per heavy atom. The zero-order valence-corrected chi connectivity index (χ0v) is 11.2. The Morgan fingerprint density at radius 1 is 1.26 bits per heavy atom. The van der Waals surface area contributed by atoms with Crippen molar-refractivity contribution in [3.63, 3.8) is 0 Å². The molecule has 3 fully saturated rings. The van der Waals surface area contributed by atoms with Crippen LogP contribution in [0.1, 0.15) is 56.0 Å². The van der Waals surface area contributed by atoms with Gasteiger partial charge in [-0.2, -0.15) is 0 Å². The van der Waals surface area contributed by atoms with E-state index < -0.39 is 0 Å². The van der Waals surface area contributed by atoms with Gasteiger partial charge in [-0.15, -0.1) is 0 Å².